The van der Waals surface area contributed by atoms with E-state index in [1.54, 1.807) is 12.1 Å². The zero-order valence-electron chi connectivity index (χ0n) is 15.0. The standard InChI is InChI=1S/C18H28FN3O2.HI/c1-3-20-18(21-11-10-16-5-4-12-23-16)22-13-14(2)24-17-8-6-15(19)7-9-17;/h6-9,14,16H,3-5,10-13H2,1-2H3,(H2,20,21,22);1H. The third kappa shape index (κ3) is 8.71. The Balaban J connectivity index is 0.00000312. The van der Waals surface area contributed by atoms with Crippen molar-refractivity contribution in [3.8, 4) is 5.75 Å². The van der Waals surface area contributed by atoms with E-state index in [0.29, 0.717) is 18.4 Å². The first-order valence-corrected chi connectivity index (χ1v) is 8.73. The summed E-state index contributed by atoms with van der Waals surface area (Å²) in [5.74, 6) is 1.17. The Labute approximate surface area is 166 Å². The topological polar surface area (TPSA) is 54.9 Å². The van der Waals surface area contributed by atoms with Gasteiger partial charge in [-0.1, -0.05) is 0 Å². The number of nitrogens with zero attached hydrogens (tertiary/aromatic N) is 1. The molecular weight excluding hydrogens is 436 g/mol. The third-order valence-electron chi connectivity index (χ3n) is 3.78. The van der Waals surface area contributed by atoms with Crippen LogP contribution >= 0.6 is 24.0 Å². The van der Waals surface area contributed by atoms with E-state index in [-0.39, 0.29) is 35.9 Å². The molecule has 0 aromatic heterocycles. The van der Waals surface area contributed by atoms with Crippen molar-refractivity contribution < 1.29 is 13.9 Å². The fourth-order valence-electron chi connectivity index (χ4n) is 2.57. The van der Waals surface area contributed by atoms with Gasteiger partial charge in [-0.05, 0) is 57.4 Å². The van der Waals surface area contributed by atoms with Crippen LogP contribution in [-0.4, -0.2) is 44.4 Å². The Morgan fingerprint density at radius 2 is 2.12 bits per heavy atom. The highest BCUT2D eigenvalue weighted by atomic mass is 127. The first kappa shape index (κ1) is 22.0. The summed E-state index contributed by atoms with van der Waals surface area (Å²) >= 11 is 0. The highest BCUT2D eigenvalue weighted by Crippen LogP contribution is 2.14. The number of rotatable bonds is 8. The number of hydrogen-bond donors (Lipinski definition) is 2. The van der Waals surface area contributed by atoms with E-state index in [9.17, 15) is 4.39 Å². The number of nitrogens with one attached hydrogen (secondary N) is 2. The van der Waals surface area contributed by atoms with Crippen LogP contribution in [0, 0.1) is 5.82 Å². The molecule has 1 aliphatic heterocycles. The monoisotopic (exact) mass is 465 g/mol. The highest BCUT2D eigenvalue weighted by molar-refractivity contribution is 14.0. The van der Waals surface area contributed by atoms with Gasteiger partial charge in [0.15, 0.2) is 5.96 Å². The van der Waals surface area contributed by atoms with Gasteiger partial charge < -0.3 is 20.1 Å². The highest BCUT2D eigenvalue weighted by Gasteiger charge is 2.14. The lowest BCUT2D eigenvalue weighted by Gasteiger charge is -2.16. The van der Waals surface area contributed by atoms with Crippen molar-refractivity contribution in [1.82, 2.24) is 10.6 Å². The average Bonchev–Trinajstić information content (AvgIpc) is 3.08. The largest absolute Gasteiger partial charge is 0.489 e. The summed E-state index contributed by atoms with van der Waals surface area (Å²) in [4.78, 5) is 4.55. The molecule has 1 aliphatic rings. The lowest BCUT2D eigenvalue weighted by atomic mass is 10.2. The second kappa shape index (κ2) is 12.3. The van der Waals surface area contributed by atoms with Crippen molar-refractivity contribution in [1.29, 1.82) is 0 Å². The van der Waals surface area contributed by atoms with E-state index in [0.717, 1.165) is 44.9 Å². The predicted molar refractivity (Wildman–Crippen MR) is 109 cm³/mol. The summed E-state index contributed by atoms with van der Waals surface area (Å²) in [7, 11) is 0. The van der Waals surface area contributed by atoms with Gasteiger partial charge in [0.25, 0.3) is 0 Å². The summed E-state index contributed by atoms with van der Waals surface area (Å²) in [6.45, 7) is 7.03. The molecule has 0 saturated carbocycles. The molecule has 1 heterocycles. The Hall–Kier alpha value is -1.09. The normalized spacial score (nSPS) is 18.4. The maximum atomic E-state index is 12.9. The maximum Gasteiger partial charge on any atom is 0.191 e. The fourth-order valence-corrected chi connectivity index (χ4v) is 2.57. The molecule has 2 atom stereocenters. The summed E-state index contributed by atoms with van der Waals surface area (Å²) in [5, 5.41) is 6.56. The molecule has 25 heavy (non-hydrogen) atoms. The van der Waals surface area contributed by atoms with Crippen molar-refractivity contribution >= 4 is 29.9 Å². The first-order chi connectivity index (χ1) is 11.7. The molecule has 5 nitrogen and oxygen atoms in total. The number of aliphatic imine (C=N–C) groups is 1. The summed E-state index contributed by atoms with van der Waals surface area (Å²) in [6.07, 6.45) is 3.59. The molecule has 0 amide bonds. The molecule has 0 aliphatic carbocycles. The van der Waals surface area contributed by atoms with Crippen LogP contribution in [0.5, 0.6) is 5.75 Å². The molecular formula is C18H29FIN3O2. The van der Waals surface area contributed by atoms with Gasteiger partial charge in [0, 0.05) is 19.7 Å². The molecule has 2 rings (SSSR count). The van der Waals surface area contributed by atoms with Gasteiger partial charge in [-0.25, -0.2) is 9.38 Å². The molecule has 0 spiro atoms. The average molecular weight is 465 g/mol. The van der Waals surface area contributed by atoms with E-state index in [1.807, 2.05) is 13.8 Å². The van der Waals surface area contributed by atoms with Gasteiger partial charge in [-0.15, -0.1) is 24.0 Å². The zero-order chi connectivity index (χ0) is 17.2. The van der Waals surface area contributed by atoms with Crippen molar-refractivity contribution in [2.45, 2.75) is 45.3 Å². The molecule has 1 aromatic carbocycles. The minimum Gasteiger partial charge on any atom is -0.489 e. The van der Waals surface area contributed by atoms with Crippen LogP contribution in [0.3, 0.4) is 0 Å². The maximum absolute atomic E-state index is 12.9. The number of guanidine groups is 1. The Kier molecular flexibility index (Phi) is 10.8. The van der Waals surface area contributed by atoms with Crippen LogP contribution in [0.2, 0.25) is 0 Å². The molecule has 1 aromatic rings. The summed E-state index contributed by atoms with van der Waals surface area (Å²) in [6, 6.07) is 6.03. The van der Waals surface area contributed by atoms with Gasteiger partial charge in [0.1, 0.15) is 17.7 Å². The van der Waals surface area contributed by atoms with Gasteiger partial charge in [0.2, 0.25) is 0 Å². The smallest absolute Gasteiger partial charge is 0.191 e. The molecule has 7 heteroatoms. The minimum atomic E-state index is -0.266. The fraction of sp³-hybridized carbons (Fsp3) is 0.611. The first-order valence-electron chi connectivity index (χ1n) is 8.73. The summed E-state index contributed by atoms with van der Waals surface area (Å²) < 4.78 is 24.2. The van der Waals surface area contributed by atoms with Gasteiger partial charge in [-0.2, -0.15) is 0 Å². The second-order valence-corrected chi connectivity index (χ2v) is 5.95. The molecule has 142 valence electrons. The minimum absolute atomic E-state index is 0. The van der Waals surface area contributed by atoms with Gasteiger partial charge >= 0.3 is 0 Å². The van der Waals surface area contributed by atoms with E-state index in [2.05, 4.69) is 15.6 Å². The van der Waals surface area contributed by atoms with E-state index < -0.39 is 0 Å². The van der Waals surface area contributed by atoms with Crippen molar-refractivity contribution in [3.05, 3.63) is 30.1 Å². The predicted octanol–water partition coefficient (Wildman–Crippen LogP) is 3.34. The van der Waals surface area contributed by atoms with Gasteiger partial charge in [0.05, 0.1) is 12.6 Å². The number of ether oxygens (including phenoxy) is 2. The van der Waals surface area contributed by atoms with Crippen LogP contribution in [0.25, 0.3) is 0 Å². The SMILES string of the molecule is CCNC(=NCC(C)Oc1ccc(F)cc1)NCCC1CCCO1.I. The van der Waals surface area contributed by atoms with Crippen LogP contribution in [-0.2, 0) is 4.74 Å². The van der Waals surface area contributed by atoms with Crippen LogP contribution < -0.4 is 15.4 Å². The van der Waals surface area contributed by atoms with Crippen molar-refractivity contribution in [3.63, 3.8) is 0 Å². The Morgan fingerprint density at radius 1 is 1.36 bits per heavy atom. The molecule has 2 N–H and O–H groups in total. The molecule has 0 bridgehead atoms. The zero-order valence-corrected chi connectivity index (χ0v) is 17.3. The molecule has 2 unspecified atom stereocenters. The van der Waals surface area contributed by atoms with Crippen LogP contribution in [0.15, 0.2) is 29.3 Å². The molecule has 0 radical (unpaired) electrons. The van der Waals surface area contributed by atoms with Crippen molar-refractivity contribution in [2.24, 2.45) is 4.99 Å². The number of hydrogen-bond acceptors (Lipinski definition) is 3. The van der Waals surface area contributed by atoms with E-state index in [4.69, 9.17) is 9.47 Å². The second-order valence-electron chi connectivity index (χ2n) is 5.95. The number of benzene rings is 1. The molecule has 1 saturated heterocycles. The lowest BCUT2D eigenvalue weighted by molar-refractivity contribution is 0.105. The Morgan fingerprint density at radius 3 is 2.76 bits per heavy atom. The Bertz CT molecular complexity index is 508. The van der Waals surface area contributed by atoms with Crippen molar-refractivity contribution in [2.75, 3.05) is 26.2 Å². The summed E-state index contributed by atoms with van der Waals surface area (Å²) in [5.41, 5.74) is 0. The molecule has 1 fully saturated rings. The van der Waals surface area contributed by atoms with E-state index >= 15 is 0 Å². The van der Waals surface area contributed by atoms with Crippen LogP contribution in [0.4, 0.5) is 4.39 Å². The quantitative estimate of drug-likeness (QED) is 0.352. The van der Waals surface area contributed by atoms with Crippen LogP contribution in [0.1, 0.15) is 33.1 Å². The van der Waals surface area contributed by atoms with E-state index in [1.165, 1.54) is 12.1 Å². The third-order valence-corrected chi connectivity index (χ3v) is 3.78. The lowest BCUT2D eigenvalue weighted by Crippen LogP contribution is -2.39. The number of halogens is 2. The van der Waals surface area contributed by atoms with Gasteiger partial charge in [-0.3, -0.25) is 0 Å².